The Bertz CT molecular complexity index is 1350. The average Bonchev–Trinajstić information content (AvgIpc) is 3.33. The number of nitrogens with zero attached hydrogens (tertiary/aromatic N) is 4. The minimum absolute atomic E-state index is 0.137. The van der Waals surface area contributed by atoms with Gasteiger partial charge in [0, 0.05) is 25.8 Å². The fourth-order valence-electron chi connectivity index (χ4n) is 5.80. The topological polar surface area (TPSA) is 68.4 Å². The lowest BCUT2D eigenvalue weighted by Crippen LogP contribution is -2.66. The number of hydrogen-bond donors (Lipinski definition) is 1. The number of likely N-dealkylation sites (N-methyl/N-ethyl adjacent to an activating group) is 1. The van der Waals surface area contributed by atoms with Crippen LogP contribution in [0.25, 0.3) is 0 Å². The standard InChI is InChI=1S/C30H33N5O3/c1-20-10-11-21(2)22(18-20)19-35-28(36)26-27(32(3)30(35)37)31-29-33(16-7-17-34(26)29)23-12-14-25(15-13-23)38-24-8-5-4-6-9-24/h4-6,8-15,18,26-27,29,31H,7,16-17,19H2,1-3H3. The largest absolute Gasteiger partial charge is 0.457 e. The van der Waals surface area contributed by atoms with Crippen molar-refractivity contribution in [2.45, 2.75) is 45.3 Å². The van der Waals surface area contributed by atoms with E-state index in [1.807, 2.05) is 62.4 Å². The number of aryl methyl sites for hydroxylation is 2. The molecule has 8 nitrogen and oxygen atoms in total. The molecular weight excluding hydrogens is 478 g/mol. The summed E-state index contributed by atoms with van der Waals surface area (Å²) < 4.78 is 5.96. The molecule has 0 radical (unpaired) electrons. The zero-order chi connectivity index (χ0) is 26.4. The van der Waals surface area contributed by atoms with Gasteiger partial charge in [0.15, 0.2) is 0 Å². The van der Waals surface area contributed by atoms with Crippen LogP contribution in [0.4, 0.5) is 10.5 Å². The number of carbonyl (C=O) groups is 2. The predicted octanol–water partition coefficient (Wildman–Crippen LogP) is 4.28. The third kappa shape index (κ3) is 4.29. The molecule has 0 saturated carbocycles. The minimum atomic E-state index is -0.434. The molecule has 8 heteroatoms. The van der Waals surface area contributed by atoms with Crippen LogP contribution in [0.1, 0.15) is 23.1 Å². The SMILES string of the molecule is Cc1ccc(C)c(CN2C(=O)C3C(NC4N(c5ccc(Oc6ccccc6)cc5)CCCN34)N(C)C2=O)c1. The van der Waals surface area contributed by atoms with Gasteiger partial charge in [-0.1, -0.05) is 42.0 Å². The third-order valence-corrected chi connectivity index (χ3v) is 7.85. The van der Waals surface area contributed by atoms with Crippen molar-refractivity contribution in [2.75, 3.05) is 25.0 Å². The van der Waals surface area contributed by atoms with Gasteiger partial charge >= 0.3 is 6.03 Å². The fourth-order valence-corrected chi connectivity index (χ4v) is 5.80. The molecule has 3 aromatic carbocycles. The van der Waals surface area contributed by atoms with Crippen molar-refractivity contribution in [2.24, 2.45) is 0 Å². The summed E-state index contributed by atoms with van der Waals surface area (Å²) in [7, 11) is 1.79. The van der Waals surface area contributed by atoms with Gasteiger partial charge in [-0.2, -0.15) is 0 Å². The lowest BCUT2D eigenvalue weighted by atomic mass is 10.0. The second-order valence-electron chi connectivity index (χ2n) is 10.4. The van der Waals surface area contributed by atoms with Crippen LogP contribution in [0.3, 0.4) is 0 Å². The Kier molecular flexibility index (Phi) is 6.29. The summed E-state index contributed by atoms with van der Waals surface area (Å²) in [5.41, 5.74) is 4.23. The number of para-hydroxylation sites is 1. The molecule has 6 rings (SSSR count). The van der Waals surface area contributed by atoms with Gasteiger partial charge in [-0.05, 0) is 67.8 Å². The highest BCUT2D eigenvalue weighted by Gasteiger charge is 2.56. The Morgan fingerprint density at radius 1 is 0.921 bits per heavy atom. The number of fused-ring (bicyclic) bond motifs is 3. The highest BCUT2D eigenvalue weighted by atomic mass is 16.5. The molecule has 3 aliphatic rings. The summed E-state index contributed by atoms with van der Waals surface area (Å²) >= 11 is 0. The molecule has 0 aliphatic carbocycles. The van der Waals surface area contributed by atoms with E-state index in [-0.39, 0.29) is 30.9 Å². The quantitative estimate of drug-likeness (QED) is 0.552. The van der Waals surface area contributed by atoms with Crippen LogP contribution in [-0.4, -0.2) is 65.3 Å². The van der Waals surface area contributed by atoms with Gasteiger partial charge in [0.05, 0.1) is 6.54 Å². The van der Waals surface area contributed by atoms with E-state index in [9.17, 15) is 9.59 Å². The predicted molar refractivity (Wildman–Crippen MR) is 146 cm³/mol. The number of anilines is 1. The first-order valence-electron chi connectivity index (χ1n) is 13.2. The first kappa shape index (κ1) is 24.5. The van der Waals surface area contributed by atoms with Crippen LogP contribution in [0.15, 0.2) is 72.8 Å². The molecule has 3 fully saturated rings. The molecule has 3 atom stereocenters. The molecule has 3 heterocycles. The van der Waals surface area contributed by atoms with Crippen LogP contribution in [0.5, 0.6) is 11.5 Å². The zero-order valence-electron chi connectivity index (χ0n) is 22.0. The van der Waals surface area contributed by atoms with E-state index < -0.39 is 6.04 Å². The Labute approximate surface area is 223 Å². The van der Waals surface area contributed by atoms with Crippen LogP contribution in [0.2, 0.25) is 0 Å². The Hall–Kier alpha value is -3.88. The van der Waals surface area contributed by atoms with Crippen molar-refractivity contribution in [1.29, 1.82) is 0 Å². The normalized spacial score (nSPS) is 23.4. The number of carbonyl (C=O) groups excluding carboxylic acids is 2. The lowest BCUT2D eigenvalue weighted by Gasteiger charge is -2.44. The van der Waals surface area contributed by atoms with Gasteiger partial charge in [0.25, 0.3) is 5.91 Å². The number of benzene rings is 3. The Morgan fingerprint density at radius 2 is 1.66 bits per heavy atom. The van der Waals surface area contributed by atoms with Crippen LogP contribution in [-0.2, 0) is 11.3 Å². The summed E-state index contributed by atoms with van der Waals surface area (Å²) in [6.07, 6.45) is 0.363. The van der Waals surface area contributed by atoms with Crippen LogP contribution < -0.4 is 15.0 Å². The monoisotopic (exact) mass is 511 g/mol. The van der Waals surface area contributed by atoms with E-state index in [0.717, 1.165) is 53.4 Å². The first-order valence-corrected chi connectivity index (χ1v) is 13.2. The van der Waals surface area contributed by atoms with Gasteiger partial charge in [-0.25, -0.2) is 4.79 Å². The van der Waals surface area contributed by atoms with Crippen molar-refractivity contribution in [3.05, 3.63) is 89.5 Å². The Morgan fingerprint density at radius 3 is 2.42 bits per heavy atom. The van der Waals surface area contributed by atoms with Crippen molar-refractivity contribution in [3.8, 4) is 11.5 Å². The molecule has 3 aromatic rings. The van der Waals surface area contributed by atoms with Gasteiger partial charge in [0.1, 0.15) is 30.0 Å². The average molecular weight is 512 g/mol. The van der Waals surface area contributed by atoms with E-state index in [0.29, 0.717) is 0 Å². The van der Waals surface area contributed by atoms with Gasteiger partial charge in [0.2, 0.25) is 0 Å². The van der Waals surface area contributed by atoms with Crippen LogP contribution >= 0.6 is 0 Å². The third-order valence-electron chi connectivity index (χ3n) is 7.85. The Balaban J connectivity index is 1.23. The molecule has 0 spiro atoms. The number of imide groups is 1. The van der Waals surface area contributed by atoms with Gasteiger partial charge in [-0.15, -0.1) is 0 Å². The number of urea groups is 1. The number of rotatable bonds is 5. The van der Waals surface area contributed by atoms with E-state index in [1.165, 1.54) is 4.90 Å². The summed E-state index contributed by atoms with van der Waals surface area (Å²) in [6.45, 7) is 5.97. The molecule has 3 aliphatic heterocycles. The first-order chi connectivity index (χ1) is 18.4. The highest BCUT2D eigenvalue weighted by Crippen LogP contribution is 2.34. The highest BCUT2D eigenvalue weighted by molar-refractivity contribution is 6.00. The lowest BCUT2D eigenvalue weighted by molar-refractivity contribution is -0.139. The van der Waals surface area contributed by atoms with E-state index in [1.54, 1.807) is 11.9 Å². The molecule has 3 saturated heterocycles. The molecule has 3 amide bonds. The number of amides is 3. The molecular formula is C30H33N5O3. The maximum atomic E-state index is 13.8. The molecule has 38 heavy (non-hydrogen) atoms. The molecule has 3 unspecified atom stereocenters. The van der Waals surface area contributed by atoms with E-state index in [2.05, 4.69) is 39.4 Å². The zero-order valence-corrected chi connectivity index (χ0v) is 22.0. The van der Waals surface area contributed by atoms with Crippen molar-refractivity contribution >= 4 is 17.6 Å². The molecule has 196 valence electrons. The molecule has 0 aromatic heterocycles. The second kappa shape index (κ2) is 9.78. The van der Waals surface area contributed by atoms with Gasteiger partial charge in [-0.3, -0.25) is 19.9 Å². The van der Waals surface area contributed by atoms with Gasteiger partial charge < -0.3 is 14.5 Å². The van der Waals surface area contributed by atoms with E-state index in [4.69, 9.17) is 4.74 Å². The summed E-state index contributed by atoms with van der Waals surface area (Å²) in [5.74, 6) is 1.43. The second-order valence-corrected chi connectivity index (χ2v) is 10.4. The number of nitrogens with one attached hydrogen (secondary N) is 1. The van der Waals surface area contributed by atoms with Crippen molar-refractivity contribution < 1.29 is 14.3 Å². The summed E-state index contributed by atoms with van der Waals surface area (Å²) in [5, 5.41) is 3.59. The fraction of sp³-hybridized carbons (Fsp3) is 0.333. The molecule has 1 N–H and O–H groups in total. The number of ether oxygens (including phenoxy) is 1. The maximum absolute atomic E-state index is 13.8. The minimum Gasteiger partial charge on any atom is -0.457 e. The maximum Gasteiger partial charge on any atom is 0.328 e. The van der Waals surface area contributed by atoms with Crippen molar-refractivity contribution in [1.82, 2.24) is 20.0 Å². The van der Waals surface area contributed by atoms with Crippen LogP contribution in [0, 0.1) is 13.8 Å². The summed E-state index contributed by atoms with van der Waals surface area (Å²) in [4.78, 5) is 34.8. The number of hydrogen-bond acceptors (Lipinski definition) is 6. The van der Waals surface area contributed by atoms with Crippen molar-refractivity contribution in [3.63, 3.8) is 0 Å². The molecule has 0 bridgehead atoms. The smallest absolute Gasteiger partial charge is 0.328 e. The summed E-state index contributed by atoms with van der Waals surface area (Å²) in [6, 6.07) is 23.2. The van der Waals surface area contributed by atoms with E-state index >= 15 is 0 Å².